The second kappa shape index (κ2) is 19.1. The third kappa shape index (κ3) is 16.9. The van der Waals surface area contributed by atoms with Gasteiger partial charge >= 0.3 is 24.1 Å². The number of unbranched alkanes of at least 4 members (excludes halogenated alkanes) is 3. The van der Waals surface area contributed by atoms with Crippen molar-refractivity contribution in [3.8, 4) is 0 Å². The molecule has 1 aliphatic rings. The van der Waals surface area contributed by atoms with Crippen LogP contribution in [-0.4, -0.2) is 128 Å². The largest absolute Gasteiger partial charge is 0.444 e. The summed E-state index contributed by atoms with van der Waals surface area (Å²) in [6, 6.07) is 0. The molecule has 1 fully saturated rings. The zero-order chi connectivity index (χ0) is 37.7. The number of hydrogen-bond donors (Lipinski definition) is 0. The Balaban J connectivity index is 2.15. The van der Waals surface area contributed by atoms with E-state index in [2.05, 4.69) is 9.88 Å². The summed E-state index contributed by atoms with van der Waals surface area (Å²) in [6.45, 7) is 23.2. The highest BCUT2D eigenvalue weighted by Gasteiger charge is 2.28. The van der Waals surface area contributed by atoms with Crippen molar-refractivity contribution in [3.05, 3.63) is 22.1 Å². The second-order valence-corrected chi connectivity index (χ2v) is 16.0. The standard InChI is InChI=1S/C35H63N7O8/c1-28-36-29(42(46)47)27-41(28)19-14-12-11-13-17-37-18-15-20-39(31(44)49-34(5,6)7)25-26-40(32(45)50-35(8,9)10)22-16-21-38(24-23-37)30(43)48-33(2,3)4/h27H,11-26H2,1-10H3. The number of rotatable bonds is 8. The predicted molar refractivity (Wildman–Crippen MR) is 191 cm³/mol. The SMILES string of the molecule is Cc1nc([N+](=O)[O-])cn1CCCCCCN1CCCN(C(=O)OC(C)(C)C)CCN(C(=O)OC(C)(C)C)CCCN(C(=O)OC(C)(C)C)CC1. The summed E-state index contributed by atoms with van der Waals surface area (Å²) in [5.41, 5.74) is -2.00. The van der Waals surface area contributed by atoms with Gasteiger partial charge in [-0.05, 0) is 111 Å². The average molecular weight is 710 g/mol. The Kier molecular flexibility index (Phi) is 16.3. The van der Waals surface area contributed by atoms with Gasteiger partial charge in [-0.2, -0.15) is 0 Å². The van der Waals surface area contributed by atoms with Crippen LogP contribution in [0.5, 0.6) is 0 Å². The number of amides is 3. The van der Waals surface area contributed by atoms with Crippen molar-refractivity contribution in [3.63, 3.8) is 0 Å². The van der Waals surface area contributed by atoms with E-state index in [0.29, 0.717) is 64.5 Å². The molecule has 1 saturated heterocycles. The molecule has 2 heterocycles. The molecule has 286 valence electrons. The van der Waals surface area contributed by atoms with Gasteiger partial charge in [-0.3, -0.25) is 0 Å². The van der Waals surface area contributed by atoms with Crippen LogP contribution >= 0.6 is 0 Å². The number of imidazole rings is 1. The van der Waals surface area contributed by atoms with Gasteiger partial charge in [0.25, 0.3) is 0 Å². The van der Waals surface area contributed by atoms with Crippen LogP contribution in [0.15, 0.2) is 6.20 Å². The minimum atomic E-state index is -0.685. The number of aromatic nitrogens is 2. The minimum Gasteiger partial charge on any atom is -0.444 e. The third-order valence-electron chi connectivity index (χ3n) is 7.81. The van der Waals surface area contributed by atoms with Crippen LogP contribution in [0, 0.1) is 17.0 Å². The van der Waals surface area contributed by atoms with E-state index < -0.39 is 33.9 Å². The minimum absolute atomic E-state index is 0.129. The molecule has 2 rings (SSSR count). The molecule has 0 aromatic carbocycles. The highest BCUT2D eigenvalue weighted by Crippen LogP contribution is 2.16. The molecule has 0 spiro atoms. The maximum atomic E-state index is 13.3. The number of carbonyl (C=O) groups is 3. The van der Waals surface area contributed by atoms with Crippen LogP contribution in [0.4, 0.5) is 20.2 Å². The van der Waals surface area contributed by atoms with E-state index in [0.717, 1.165) is 32.2 Å². The van der Waals surface area contributed by atoms with E-state index in [1.165, 1.54) is 6.20 Å². The van der Waals surface area contributed by atoms with Crippen molar-refractivity contribution in [2.24, 2.45) is 0 Å². The number of aryl methyl sites for hydroxylation is 2. The maximum Gasteiger partial charge on any atom is 0.410 e. The van der Waals surface area contributed by atoms with Crippen molar-refractivity contribution in [2.75, 3.05) is 58.9 Å². The molecule has 0 radical (unpaired) electrons. The van der Waals surface area contributed by atoms with Gasteiger partial charge in [-0.15, -0.1) is 0 Å². The molecule has 1 aliphatic heterocycles. The third-order valence-corrected chi connectivity index (χ3v) is 7.81. The molecule has 0 aliphatic carbocycles. The number of carbonyl (C=O) groups excluding carboxylic acids is 3. The molecule has 0 bridgehead atoms. The van der Waals surface area contributed by atoms with Crippen LogP contribution in [0.3, 0.4) is 0 Å². The first-order valence-electron chi connectivity index (χ1n) is 18.0. The molecule has 50 heavy (non-hydrogen) atoms. The van der Waals surface area contributed by atoms with Crippen LogP contribution in [0.1, 0.15) is 107 Å². The Labute approximate surface area is 298 Å². The summed E-state index contributed by atoms with van der Waals surface area (Å²) in [5, 5.41) is 11.0. The molecule has 1 aromatic heterocycles. The number of nitrogens with zero attached hydrogens (tertiary/aromatic N) is 7. The summed E-state index contributed by atoms with van der Waals surface area (Å²) < 4.78 is 19.0. The predicted octanol–water partition coefficient (Wildman–Crippen LogP) is 6.47. The van der Waals surface area contributed by atoms with Gasteiger partial charge < -0.3 is 48.5 Å². The molecule has 1 aromatic rings. The first-order valence-corrected chi connectivity index (χ1v) is 18.0. The van der Waals surface area contributed by atoms with E-state index in [-0.39, 0.29) is 25.0 Å². The zero-order valence-electron chi connectivity index (χ0n) is 32.3. The Bertz CT molecular complexity index is 1250. The Morgan fingerprint density at radius 2 is 1.06 bits per heavy atom. The van der Waals surface area contributed by atoms with E-state index >= 15 is 0 Å². The maximum absolute atomic E-state index is 13.3. The summed E-state index contributed by atoms with van der Waals surface area (Å²) >= 11 is 0. The van der Waals surface area contributed by atoms with E-state index in [1.807, 2.05) is 66.9 Å². The fourth-order valence-corrected chi connectivity index (χ4v) is 5.42. The van der Waals surface area contributed by atoms with E-state index in [1.54, 1.807) is 21.6 Å². The average Bonchev–Trinajstić information content (AvgIpc) is 3.33. The highest BCUT2D eigenvalue weighted by molar-refractivity contribution is 5.70. The Hall–Kier alpha value is -3.62. The number of nitro groups is 1. The van der Waals surface area contributed by atoms with Crippen molar-refractivity contribution < 1.29 is 33.5 Å². The first kappa shape index (κ1) is 42.5. The Morgan fingerprint density at radius 1 is 0.660 bits per heavy atom. The lowest BCUT2D eigenvalue weighted by Crippen LogP contribution is -2.47. The van der Waals surface area contributed by atoms with Crippen molar-refractivity contribution in [2.45, 2.75) is 131 Å². The van der Waals surface area contributed by atoms with Crippen LogP contribution in [-0.2, 0) is 20.8 Å². The van der Waals surface area contributed by atoms with Crippen molar-refractivity contribution in [1.82, 2.24) is 29.2 Å². The summed E-state index contributed by atoms with van der Waals surface area (Å²) in [4.78, 5) is 61.6. The second-order valence-electron chi connectivity index (χ2n) is 16.0. The van der Waals surface area contributed by atoms with Gasteiger partial charge in [-0.25, -0.2) is 14.4 Å². The number of hydrogen-bond acceptors (Lipinski definition) is 10. The number of ether oxygens (including phenoxy) is 3. The fourth-order valence-electron chi connectivity index (χ4n) is 5.42. The topological polar surface area (TPSA) is 153 Å². The lowest BCUT2D eigenvalue weighted by Gasteiger charge is -2.34. The molecule has 0 N–H and O–H groups in total. The van der Waals surface area contributed by atoms with E-state index in [4.69, 9.17) is 14.2 Å². The van der Waals surface area contributed by atoms with Gasteiger partial charge in [0.2, 0.25) is 5.82 Å². The van der Waals surface area contributed by atoms with Gasteiger partial charge in [0.1, 0.15) is 23.0 Å². The quantitative estimate of drug-likeness (QED) is 0.127. The zero-order valence-corrected chi connectivity index (χ0v) is 32.3. The van der Waals surface area contributed by atoms with Crippen LogP contribution in [0.25, 0.3) is 0 Å². The first-order chi connectivity index (χ1) is 23.1. The lowest BCUT2D eigenvalue weighted by atomic mass is 10.1. The molecule has 0 saturated carbocycles. The molecule has 0 atom stereocenters. The van der Waals surface area contributed by atoms with Gasteiger partial charge in [0.15, 0.2) is 0 Å². The van der Waals surface area contributed by atoms with Crippen LogP contribution in [0.2, 0.25) is 0 Å². The fraction of sp³-hybridized carbons (Fsp3) is 0.829. The molecule has 15 nitrogen and oxygen atoms in total. The monoisotopic (exact) mass is 709 g/mol. The molecule has 3 amide bonds. The summed E-state index contributed by atoms with van der Waals surface area (Å²) in [7, 11) is 0. The van der Waals surface area contributed by atoms with Gasteiger partial charge in [0, 0.05) is 59.3 Å². The van der Waals surface area contributed by atoms with E-state index in [9.17, 15) is 24.5 Å². The van der Waals surface area contributed by atoms with Crippen molar-refractivity contribution in [1.29, 1.82) is 0 Å². The summed E-state index contributed by atoms with van der Waals surface area (Å²) in [5.74, 6) is 0.505. The summed E-state index contributed by atoms with van der Waals surface area (Å²) in [6.07, 6.45) is 5.15. The molecular formula is C35H63N7O8. The normalized spacial score (nSPS) is 16.5. The van der Waals surface area contributed by atoms with Gasteiger partial charge in [-0.1, -0.05) is 12.8 Å². The lowest BCUT2D eigenvalue weighted by molar-refractivity contribution is -0.389. The van der Waals surface area contributed by atoms with Crippen molar-refractivity contribution >= 4 is 24.1 Å². The molecule has 15 heteroatoms. The molecular weight excluding hydrogens is 646 g/mol. The Morgan fingerprint density at radius 3 is 1.46 bits per heavy atom. The van der Waals surface area contributed by atoms with Gasteiger partial charge in [0.05, 0.1) is 0 Å². The van der Waals surface area contributed by atoms with Crippen LogP contribution < -0.4 is 0 Å². The molecule has 0 unspecified atom stereocenters. The highest BCUT2D eigenvalue weighted by atomic mass is 16.6. The smallest absolute Gasteiger partial charge is 0.410 e.